The smallest absolute Gasteiger partial charge is 0.256 e. The average Bonchev–Trinajstić information content (AvgIpc) is 2.43. The maximum Gasteiger partial charge on any atom is 0.256 e. The quantitative estimate of drug-likeness (QED) is 0.777. The van der Waals surface area contributed by atoms with Crippen LogP contribution in [-0.2, 0) is 0 Å². The van der Waals surface area contributed by atoms with Crippen LogP contribution < -0.4 is 5.32 Å². The maximum atomic E-state index is 12.2. The first-order valence-corrected chi connectivity index (χ1v) is 7.91. The molecule has 0 saturated carbocycles. The van der Waals surface area contributed by atoms with Crippen LogP contribution in [0.5, 0.6) is 0 Å². The van der Waals surface area contributed by atoms with Crippen LogP contribution in [0.4, 0.5) is 5.69 Å². The first-order chi connectivity index (χ1) is 9.11. The monoisotopic (exact) mass is 355 g/mol. The lowest BCUT2D eigenvalue weighted by molar-refractivity contribution is 0.102. The number of thioether (sulfide) groups is 1. The van der Waals surface area contributed by atoms with Crippen LogP contribution in [0.1, 0.15) is 10.4 Å². The van der Waals surface area contributed by atoms with Crippen molar-refractivity contribution in [3.05, 3.63) is 57.5 Å². The first-order valence-electron chi connectivity index (χ1n) is 5.51. The molecule has 5 heteroatoms. The van der Waals surface area contributed by atoms with Crippen molar-refractivity contribution in [2.45, 2.75) is 4.90 Å². The Morgan fingerprint density at radius 1 is 1.26 bits per heavy atom. The zero-order valence-corrected chi connectivity index (χ0v) is 13.3. The van der Waals surface area contributed by atoms with E-state index in [1.807, 2.05) is 30.5 Å². The van der Waals surface area contributed by atoms with Crippen molar-refractivity contribution in [1.82, 2.24) is 0 Å². The molecule has 0 aliphatic carbocycles. The highest BCUT2D eigenvalue weighted by Crippen LogP contribution is 2.26. The van der Waals surface area contributed by atoms with E-state index in [2.05, 4.69) is 21.2 Å². The molecule has 0 fully saturated rings. The average molecular weight is 357 g/mol. The van der Waals surface area contributed by atoms with Crippen LogP contribution in [0.3, 0.4) is 0 Å². The van der Waals surface area contributed by atoms with Gasteiger partial charge in [0.25, 0.3) is 5.91 Å². The van der Waals surface area contributed by atoms with Crippen molar-refractivity contribution in [1.29, 1.82) is 0 Å². The minimum Gasteiger partial charge on any atom is -0.322 e. The Hall–Kier alpha value is -0.970. The number of rotatable bonds is 3. The fourth-order valence-electron chi connectivity index (χ4n) is 1.60. The number of benzene rings is 2. The molecule has 0 aliphatic heterocycles. The molecule has 0 atom stereocenters. The second kappa shape index (κ2) is 6.46. The van der Waals surface area contributed by atoms with Crippen LogP contribution in [0.2, 0.25) is 5.02 Å². The minimum atomic E-state index is -0.136. The molecule has 0 heterocycles. The van der Waals surface area contributed by atoms with E-state index in [4.69, 9.17) is 11.6 Å². The molecule has 0 saturated heterocycles. The number of carbonyl (C=O) groups is 1. The van der Waals surface area contributed by atoms with Gasteiger partial charge in [-0.3, -0.25) is 4.79 Å². The zero-order valence-electron chi connectivity index (χ0n) is 10.1. The highest BCUT2D eigenvalue weighted by molar-refractivity contribution is 9.10. The van der Waals surface area contributed by atoms with Gasteiger partial charge >= 0.3 is 0 Å². The van der Waals surface area contributed by atoms with Gasteiger partial charge in [0.15, 0.2) is 0 Å². The van der Waals surface area contributed by atoms with E-state index in [1.54, 1.807) is 30.0 Å². The molecule has 19 heavy (non-hydrogen) atoms. The summed E-state index contributed by atoms with van der Waals surface area (Å²) in [5.74, 6) is -0.136. The minimum absolute atomic E-state index is 0.136. The molecule has 2 nitrogen and oxygen atoms in total. The zero-order chi connectivity index (χ0) is 13.8. The number of halogens is 2. The molecule has 1 N–H and O–H groups in total. The second-order valence-corrected chi connectivity index (χ2v) is 5.89. The molecule has 2 aromatic carbocycles. The Labute approximate surface area is 129 Å². The standard InChI is InChI=1S/C14H11BrClNOS/c1-19-13-5-3-2-4-10(13)14(18)17-9-6-7-11(15)12(16)8-9/h2-8H,1H3,(H,17,18). The summed E-state index contributed by atoms with van der Waals surface area (Å²) in [6.45, 7) is 0. The van der Waals surface area contributed by atoms with E-state index in [-0.39, 0.29) is 5.91 Å². The van der Waals surface area contributed by atoms with Crippen LogP contribution in [0.25, 0.3) is 0 Å². The summed E-state index contributed by atoms with van der Waals surface area (Å²) in [6, 6.07) is 12.8. The van der Waals surface area contributed by atoms with Gasteiger partial charge in [0, 0.05) is 15.1 Å². The summed E-state index contributed by atoms with van der Waals surface area (Å²) in [5, 5.41) is 3.41. The maximum absolute atomic E-state index is 12.2. The van der Waals surface area contributed by atoms with Crippen molar-refractivity contribution in [2.24, 2.45) is 0 Å². The highest BCUT2D eigenvalue weighted by Gasteiger charge is 2.11. The predicted molar refractivity (Wildman–Crippen MR) is 85.3 cm³/mol. The van der Waals surface area contributed by atoms with Crippen LogP contribution in [0, 0.1) is 0 Å². The van der Waals surface area contributed by atoms with E-state index in [1.165, 1.54) is 0 Å². The van der Waals surface area contributed by atoms with Crippen LogP contribution >= 0.6 is 39.3 Å². The Bertz CT molecular complexity index is 618. The van der Waals surface area contributed by atoms with E-state index >= 15 is 0 Å². The summed E-state index contributed by atoms with van der Waals surface area (Å²) in [6.07, 6.45) is 1.95. The van der Waals surface area contributed by atoms with Crippen molar-refractivity contribution >= 4 is 50.9 Å². The van der Waals surface area contributed by atoms with E-state index in [0.717, 1.165) is 9.37 Å². The van der Waals surface area contributed by atoms with Crippen molar-refractivity contribution in [2.75, 3.05) is 11.6 Å². The van der Waals surface area contributed by atoms with Gasteiger partial charge in [0.1, 0.15) is 0 Å². The number of hydrogen-bond donors (Lipinski definition) is 1. The molecule has 2 rings (SSSR count). The van der Waals surface area contributed by atoms with Gasteiger partial charge in [-0.25, -0.2) is 0 Å². The molecular weight excluding hydrogens is 346 g/mol. The summed E-state index contributed by atoms with van der Waals surface area (Å²) < 4.78 is 0.802. The van der Waals surface area contributed by atoms with Crippen LogP contribution in [0.15, 0.2) is 51.8 Å². The summed E-state index contributed by atoms with van der Waals surface area (Å²) in [7, 11) is 0. The lowest BCUT2D eigenvalue weighted by Gasteiger charge is -2.09. The van der Waals surface area contributed by atoms with Crippen molar-refractivity contribution < 1.29 is 4.79 Å². The number of hydrogen-bond acceptors (Lipinski definition) is 2. The molecular formula is C14H11BrClNOS. The van der Waals surface area contributed by atoms with Crippen LogP contribution in [-0.4, -0.2) is 12.2 Å². The molecule has 1 amide bonds. The molecule has 0 radical (unpaired) electrons. The third-order valence-electron chi connectivity index (χ3n) is 2.53. The Morgan fingerprint density at radius 2 is 2.00 bits per heavy atom. The summed E-state index contributed by atoms with van der Waals surface area (Å²) in [4.78, 5) is 13.2. The lowest BCUT2D eigenvalue weighted by Crippen LogP contribution is -2.12. The number of anilines is 1. The fourth-order valence-corrected chi connectivity index (χ4v) is 2.63. The van der Waals surface area contributed by atoms with Gasteiger partial charge in [0.2, 0.25) is 0 Å². The van der Waals surface area contributed by atoms with E-state index < -0.39 is 0 Å². The summed E-state index contributed by atoms with van der Waals surface area (Å²) in [5.41, 5.74) is 1.34. The normalized spacial score (nSPS) is 10.3. The molecule has 2 aromatic rings. The number of carbonyl (C=O) groups excluding carboxylic acids is 1. The molecule has 0 aliphatic rings. The number of amides is 1. The van der Waals surface area contributed by atoms with Gasteiger partial charge in [-0.1, -0.05) is 23.7 Å². The Kier molecular flexibility index (Phi) is 4.91. The van der Waals surface area contributed by atoms with E-state index in [0.29, 0.717) is 16.3 Å². The fraction of sp³-hybridized carbons (Fsp3) is 0.0714. The summed E-state index contributed by atoms with van der Waals surface area (Å²) >= 11 is 10.9. The SMILES string of the molecule is CSc1ccccc1C(=O)Nc1ccc(Br)c(Cl)c1. The largest absolute Gasteiger partial charge is 0.322 e. The molecule has 0 unspecified atom stereocenters. The van der Waals surface area contributed by atoms with Gasteiger partial charge in [-0.2, -0.15) is 0 Å². The first kappa shape index (κ1) is 14.4. The number of nitrogens with one attached hydrogen (secondary N) is 1. The highest BCUT2D eigenvalue weighted by atomic mass is 79.9. The van der Waals surface area contributed by atoms with E-state index in [9.17, 15) is 4.79 Å². The molecule has 0 aromatic heterocycles. The third-order valence-corrected chi connectivity index (χ3v) is 4.56. The topological polar surface area (TPSA) is 29.1 Å². The third kappa shape index (κ3) is 3.53. The predicted octanol–water partition coefficient (Wildman–Crippen LogP) is 5.08. The Morgan fingerprint density at radius 3 is 2.68 bits per heavy atom. The lowest BCUT2D eigenvalue weighted by atomic mass is 10.2. The Balaban J connectivity index is 2.23. The van der Waals surface area contributed by atoms with Gasteiger partial charge in [-0.05, 0) is 52.5 Å². The van der Waals surface area contributed by atoms with Gasteiger partial charge in [0.05, 0.1) is 10.6 Å². The van der Waals surface area contributed by atoms with Crippen molar-refractivity contribution in [3.8, 4) is 0 Å². The van der Waals surface area contributed by atoms with Crippen molar-refractivity contribution in [3.63, 3.8) is 0 Å². The molecule has 0 bridgehead atoms. The molecule has 98 valence electrons. The van der Waals surface area contributed by atoms with Gasteiger partial charge in [-0.15, -0.1) is 11.8 Å². The molecule has 0 spiro atoms. The second-order valence-electron chi connectivity index (χ2n) is 3.78. The van der Waals surface area contributed by atoms with Gasteiger partial charge < -0.3 is 5.32 Å².